The molecule has 2 fully saturated rings. The molecule has 6 rings (SSSR count). The van der Waals surface area contributed by atoms with Crippen LogP contribution in [0.25, 0.3) is 22.6 Å². The van der Waals surface area contributed by atoms with Crippen molar-refractivity contribution in [2.24, 2.45) is 18.9 Å². The number of ether oxygens (including phenoxy) is 1. The Bertz CT molecular complexity index is 1560. The van der Waals surface area contributed by atoms with E-state index in [0.29, 0.717) is 47.2 Å². The molecule has 11 heteroatoms. The molecule has 1 aliphatic carbocycles. The van der Waals surface area contributed by atoms with Crippen molar-refractivity contribution in [3.8, 4) is 28.5 Å². The molecule has 200 valence electrons. The molecule has 1 aliphatic heterocycles. The monoisotopic (exact) mass is 547 g/mol. The van der Waals surface area contributed by atoms with Crippen LogP contribution < -0.4 is 4.74 Å². The second-order valence-corrected chi connectivity index (χ2v) is 11.3. The van der Waals surface area contributed by atoms with Gasteiger partial charge in [0.25, 0.3) is 5.91 Å². The van der Waals surface area contributed by atoms with Gasteiger partial charge in [-0.15, -0.1) is 11.3 Å². The smallest absolute Gasteiger partial charge is 0.313 e. The topological polar surface area (TPSA) is 110 Å². The first-order valence-electron chi connectivity index (χ1n) is 12.5. The van der Waals surface area contributed by atoms with Gasteiger partial charge in [-0.3, -0.25) is 14.3 Å². The standard InChI is InChI=1S/C28H26FN5O4S/c1-28(2,27(36)37)16-8-20(15-4-6-17(29)7-5-15)31-24(9-16)38-25-18-11-34(12-19(18)25)26(35)23-10-21(32-33(23)3)22-13-39-14-30-22/h4-10,13-14,18-19,25H,11-12H2,1-3H3,(H,36,37)/t18-,19+,25-. The molecule has 3 aromatic heterocycles. The molecule has 9 nitrogen and oxygen atoms in total. The van der Waals surface area contributed by atoms with Gasteiger partial charge in [0.05, 0.1) is 16.6 Å². The fourth-order valence-corrected chi connectivity index (χ4v) is 5.61. The number of aryl methyl sites for hydroxylation is 1. The number of piperidine rings is 1. The van der Waals surface area contributed by atoms with E-state index >= 15 is 0 Å². The highest BCUT2D eigenvalue weighted by atomic mass is 32.1. The molecular formula is C28H26FN5O4S. The SMILES string of the molecule is Cn1nc(-c2cscn2)cc1C(=O)N1C[C@@H]2[C@H](C1)[C@@H]2Oc1cc(C(C)(C)C(=O)O)cc(-c2ccc(F)cc2)n1. The van der Waals surface area contributed by atoms with Gasteiger partial charge in [0, 0.05) is 49.0 Å². The highest BCUT2D eigenvalue weighted by molar-refractivity contribution is 7.07. The lowest BCUT2D eigenvalue weighted by Gasteiger charge is -2.22. The van der Waals surface area contributed by atoms with E-state index in [-0.39, 0.29) is 29.7 Å². The minimum absolute atomic E-state index is 0.0839. The number of aromatic nitrogens is 4. The zero-order chi connectivity index (χ0) is 27.5. The fraction of sp³-hybridized carbons (Fsp3) is 0.321. The summed E-state index contributed by atoms with van der Waals surface area (Å²) in [6.07, 6.45) is -0.122. The second-order valence-electron chi connectivity index (χ2n) is 10.5. The van der Waals surface area contributed by atoms with Crippen LogP contribution in [-0.4, -0.2) is 60.8 Å². The summed E-state index contributed by atoms with van der Waals surface area (Å²) in [7, 11) is 1.75. The van der Waals surface area contributed by atoms with Crippen molar-refractivity contribution >= 4 is 23.2 Å². The van der Waals surface area contributed by atoms with E-state index in [1.165, 1.54) is 23.5 Å². The second kappa shape index (κ2) is 9.26. The molecule has 1 saturated carbocycles. The van der Waals surface area contributed by atoms with Gasteiger partial charge in [-0.1, -0.05) is 0 Å². The van der Waals surface area contributed by atoms with Crippen LogP contribution in [0, 0.1) is 17.7 Å². The first kappa shape index (κ1) is 25.2. The van der Waals surface area contributed by atoms with E-state index in [1.54, 1.807) is 61.4 Å². The molecule has 0 spiro atoms. The Morgan fingerprint density at radius 2 is 1.79 bits per heavy atom. The average Bonchev–Trinajstić information content (AvgIpc) is 3.42. The van der Waals surface area contributed by atoms with Crippen molar-refractivity contribution in [3.05, 3.63) is 70.4 Å². The van der Waals surface area contributed by atoms with Crippen LogP contribution in [0.5, 0.6) is 5.88 Å². The first-order valence-corrected chi connectivity index (χ1v) is 13.5. The lowest BCUT2D eigenvalue weighted by atomic mass is 9.84. The van der Waals surface area contributed by atoms with E-state index in [2.05, 4.69) is 15.1 Å². The molecule has 0 radical (unpaired) electrons. The number of halogens is 1. The predicted molar refractivity (Wildman–Crippen MR) is 142 cm³/mol. The largest absolute Gasteiger partial charge is 0.481 e. The summed E-state index contributed by atoms with van der Waals surface area (Å²) in [6, 6.07) is 11.0. The van der Waals surface area contributed by atoms with Crippen LogP contribution in [0.1, 0.15) is 29.9 Å². The number of rotatable bonds is 7. The number of carbonyl (C=O) groups excluding carboxylic acids is 1. The van der Waals surface area contributed by atoms with Gasteiger partial charge in [-0.2, -0.15) is 5.10 Å². The highest BCUT2D eigenvalue weighted by Gasteiger charge is 2.59. The predicted octanol–water partition coefficient (Wildman–Crippen LogP) is 4.26. The molecule has 2 aliphatic rings. The Balaban J connectivity index is 1.18. The summed E-state index contributed by atoms with van der Waals surface area (Å²) in [6.45, 7) is 4.35. The van der Waals surface area contributed by atoms with Gasteiger partial charge in [-0.05, 0) is 55.8 Å². The molecule has 3 atom stereocenters. The van der Waals surface area contributed by atoms with E-state index in [0.717, 1.165) is 5.69 Å². The molecule has 4 heterocycles. The zero-order valence-electron chi connectivity index (χ0n) is 21.5. The van der Waals surface area contributed by atoms with E-state index < -0.39 is 11.4 Å². The van der Waals surface area contributed by atoms with Crippen LogP contribution in [0.15, 0.2) is 53.4 Å². The molecule has 0 bridgehead atoms. The molecule has 1 N–H and O–H groups in total. The maximum Gasteiger partial charge on any atom is 0.313 e. The summed E-state index contributed by atoms with van der Waals surface area (Å²) in [5, 5.41) is 16.1. The Morgan fingerprint density at radius 3 is 2.44 bits per heavy atom. The van der Waals surface area contributed by atoms with Gasteiger partial charge in [-0.25, -0.2) is 14.4 Å². The molecule has 4 aromatic rings. The number of carboxylic acid groups (broad SMARTS) is 1. The number of carbonyl (C=O) groups is 2. The van der Waals surface area contributed by atoms with E-state index in [1.807, 2.05) is 10.3 Å². The third-order valence-electron chi connectivity index (χ3n) is 7.65. The van der Waals surface area contributed by atoms with Crippen LogP contribution >= 0.6 is 11.3 Å². The Hall–Kier alpha value is -4.12. The number of benzene rings is 1. The van der Waals surface area contributed by atoms with Crippen molar-refractivity contribution in [1.82, 2.24) is 24.6 Å². The first-order chi connectivity index (χ1) is 18.6. The molecule has 39 heavy (non-hydrogen) atoms. The molecule has 1 saturated heterocycles. The number of thiazole rings is 1. The maximum absolute atomic E-state index is 13.5. The van der Waals surface area contributed by atoms with Crippen LogP contribution in [0.4, 0.5) is 4.39 Å². The van der Waals surface area contributed by atoms with Gasteiger partial charge in [0.15, 0.2) is 0 Å². The Morgan fingerprint density at radius 1 is 1.08 bits per heavy atom. The number of hydrogen-bond donors (Lipinski definition) is 1. The molecule has 1 aromatic carbocycles. The van der Waals surface area contributed by atoms with Crippen LogP contribution in [0.2, 0.25) is 0 Å². The van der Waals surface area contributed by atoms with E-state index in [9.17, 15) is 19.1 Å². The zero-order valence-corrected chi connectivity index (χ0v) is 22.4. The van der Waals surface area contributed by atoms with Gasteiger partial charge >= 0.3 is 5.97 Å². The minimum Gasteiger partial charge on any atom is -0.481 e. The maximum atomic E-state index is 13.5. The molecule has 1 amide bonds. The summed E-state index contributed by atoms with van der Waals surface area (Å²) >= 11 is 1.47. The molecular weight excluding hydrogens is 521 g/mol. The quantitative estimate of drug-likeness (QED) is 0.368. The third kappa shape index (κ3) is 4.56. The highest BCUT2D eigenvalue weighted by Crippen LogP contribution is 2.48. The number of nitrogens with zero attached hydrogens (tertiary/aromatic N) is 5. The number of hydrogen-bond acceptors (Lipinski definition) is 7. The number of pyridine rings is 1. The minimum atomic E-state index is -1.18. The lowest BCUT2D eigenvalue weighted by molar-refractivity contribution is -0.142. The van der Waals surface area contributed by atoms with Crippen molar-refractivity contribution in [2.45, 2.75) is 25.4 Å². The van der Waals surface area contributed by atoms with Crippen molar-refractivity contribution in [2.75, 3.05) is 13.1 Å². The molecule has 0 unspecified atom stereocenters. The lowest BCUT2D eigenvalue weighted by Crippen LogP contribution is -2.34. The summed E-state index contributed by atoms with van der Waals surface area (Å²) in [5.41, 5.74) is 4.17. The number of carboxylic acids is 1. The summed E-state index contributed by atoms with van der Waals surface area (Å²) in [5.74, 6) is -0.792. The van der Waals surface area contributed by atoms with E-state index in [4.69, 9.17) is 4.74 Å². The van der Waals surface area contributed by atoms with Crippen molar-refractivity contribution < 1.29 is 23.8 Å². The third-order valence-corrected chi connectivity index (χ3v) is 8.24. The number of aliphatic carboxylic acids is 1. The van der Waals surface area contributed by atoms with Gasteiger partial charge < -0.3 is 14.7 Å². The van der Waals surface area contributed by atoms with Crippen LogP contribution in [0.3, 0.4) is 0 Å². The number of fused-ring (bicyclic) bond motifs is 1. The van der Waals surface area contributed by atoms with Crippen molar-refractivity contribution in [1.29, 1.82) is 0 Å². The number of amides is 1. The summed E-state index contributed by atoms with van der Waals surface area (Å²) < 4.78 is 21.3. The Kier molecular flexibility index (Phi) is 5.98. The average molecular weight is 548 g/mol. The Labute approximate surface area is 227 Å². The summed E-state index contributed by atoms with van der Waals surface area (Å²) in [4.78, 5) is 35.9. The van der Waals surface area contributed by atoms with Crippen molar-refractivity contribution in [3.63, 3.8) is 0 Å². The fourth-order valence-electron chi connectivity index (χ4n) is 5.06. The van der Waals surface area contributed by atoms with Gasteiger partial charge in [0.2, 0.25) is 5.88 Å². The normalized spacial score (nSPS) is 20.1. The van der Waals surface area contributed by atoms with Crippen LogP contribution in [-0.2, 0) is 17.3 Å². The number of likely N-dealkylation sites (tertiary alicyclic amines) is 1. The van der Waals surface area contributed by atoms with Gasteiger partial charge in [0.1, 0.15) is 29.0 Å².